The summed E-state index contributed by atoms with van der Waals surface area (Å²) < 4.78 is 15.1. The average Bonchev–Trinajstić information content (AvgIpc) is 3.59. The van der Waals surface area contributed by atoms with Crippen LogP contribution in [0.3, 0.4) is 0 Å². The van der Waals surface area contributed by atoms with Crippen LogP contribution in [0.2, 0.25) is 5.02 Å². The summed E-state index contributed by atoms with van der Waals surface area (Å²) in [7, 11) is 1.63. The number of ether oxygens (including phenoxy) is 2. The monoisotopic (exact) mass is 577 g/mol. The Labute approximate surface area is 245 Å². The van der Waals surface area contributed by atoms with Crippen molar-refractivity contribution in [1.29, 1.82) is 0 Å². The third-order valence-corrected chi connectivity index (χ3v) is 7.27. The Bertz CT molecular complexity index is 1930. The van der Waals surface area contributed by atoms with Crippen LogP contribution in [0.25, 0.3) is 11.3 Å². The molecule has 3 aromatic heterocycles. The predicted molar refractivity (Wildman–Crippen MR) is 157 cm³/mol. The highest BCUT2D eigenvalue weighted by atomic mass is 35.5. The molecule has 0 N–H and O–H groups in total. The van der Waals surface area contributed by atoms with Gasteiger partial charge in [-0.25, -0.2) is 19.2 Å². The van der Waals surface area contributed by atoms with Crippen molar-refractivity contribution in [1.82, 2.24) is 29.4 Å². The van der Waals surface area contributed by atoms with Gasteiger partial charge >= 0.3 is 0 Å². The van der Waals surface area contributed by atoms with Crippen LogP contribution in [0.5, 0.6) is 17.5 Å². The molecule has 0 amide bonds. The number of nitrogens with zero attached hydrogens (tertiary/aromatic N) is 7. The Morgan fingerprint density at radius 3 is 2.62 bits per heavy atom. The second kappa shape index (κ2) is 10.6. The molecule has 4 heterocycles. The van der Waals surface area contributed by atoms with Gasteiger partial charge in [-0.05, 0) is 60.5 Å². The molecule has 0 radical (unpaired) electrons. The first kappa shape index (κ1) is 25.7. The molecular formula is C31H24ClN7O3. The smallest absolute Gasteiger partial charge is 0.230 e. The Morgan fingerprint density at radius 1 is 1.00 bits per heavy atom. The summed E-state index contributed by atoms with van der Waals surface area (Å²) in [5.74, 6) is 2.00. The third kappa shape index (κ3) is 4.61. The van der Waals surface area contributed by atoms with Gasteiger partial charge in [-0.2, -0.15) is 5.10 Å². The van der Waals surface area contributed by atoms with E-state index in [0.29, 0.717) is 28.3 Å². The van der Waals surface area contributed by atoms with Gasteiger partial charge in [0.1, 0.15) is 12.1 Å². The molecule has 208 valence electrons. The molecule has 3 aromatic carbocycles. The fourth-order valence-corrected chi connectivity index (χ4v) is 5.31. The number of aryl methyl sites for hydroxylation is 1. The molecule has 42 heavy (non-hydrogen) atoms. The summed E-state index contributed by atoms with van der Waals surface area (Å²) in [6.07, 6.45) is 3.21. The maximum absolute atomic E-state index is 6.46. The van der Waals surface area contributed by atoms with Gasteiger partial charge < -0.3 is 14.3 Å². The largest absolute Gasteiger partial charge is 0.497 e. The lowest BCUT2D eigenvalue weighted by Gasteiger charge is -2.26. The van der Waals surface area contributed by atoms with Crippen molar-refractivity contribution in [2.24, 2.45) is 5.16 Å². The van der Waals surface area contributed by atoms with Gasteiger partial charge in [0.05, 0.1) is 41.8 Å². The lowest BCUT2D eigenvalue weighted by atomic mass is 9.84. The number of rotatable bonds is 7. The lowest BCUT2D eigenvalue weighted by molar-refractivity contribution is 0.126. The van der Waals surface area contributed by atoms with Crippen LogP contribution < -0.4 is 9.47 Å². The van der Waals surface area contributed by atoms with Crippen molar-refractivity contribution in [3.63, 3.8) is 0 Å². The van der Waals surface area contributed by atoms with Crippen LogP contribution in [0, 0.1) is 6.92 Å². The minimum Gasteiger partial charge on any atom is -0.497 e. The summed E-state index contributed by atoms with van der Waals surface area (Å²) in [5, 5.41) is 14.1. The third-order valence-electron chi connectivity index (χ3n) is 7.04. The molecule has 0 fully saturated rings. The second-order valence-electron chi connectivity index (χ2n) is 9.68. The van der Waals surface area contributed by atoms with Gasteiger partial charge in [-0.1, -0.05) is 53.2 Å². The molecule has 1 aliphatic heterocycles. The molecule has 6 aromatic rings. The van der Waals surface area contributed by atoms with Crippen molar-refractivity contribution in [2.45, 2.75) is 19.4 Å². The lowest BCUT2D eigenvalue weighted by Crippen LogP contribution is -2.16. The second-order valence-corrected chi connectivity index (χ2v) is 10.1. The van der Waals surface area contributed by atoms with Gasteiger partial charge in [-0.15, -0.1) is 5.10 Å². The highest BCUT2D eigenvalue weighted by molar-refractivity contribution is 6.30. The number of fused-ring (bicyclic) bond motifs is 4. The molecule has 0 aliphatic carbocycles. The number of hydrogen-bond donors (Lipinski definition) is 0. The number of oxime groups is 1. The van der Waals surface area contributed by atoms with E-state index >= 15 is 0 Å². The summed E-state index contributed by atoms with van der Waals surface area (Å²) >= 11 is 6.31. The molecule has 7 rings (SSSR count). The van der Waals surface area contributed by atoms with E-state index < -0.39 is 0 Å². The van der Waals surface area contributed by atoms with Gasteiger partial charge in [-0.3, -0.25) is 0 Å². The summed E-state index contributed by atoms with van der Waals surface area (Å²) in [4.78, 5) is 15.0. The van der Waals surface area contributed by atoms with Crippen LogP contribution in [-0.2, 0) is 11.4 Å². The van der Waals surface area contributed by atoms with Crippen molar-refractivity contribution in [3.05, 3.63) is 124 Å². The van der Waals surface area contributed by atoms with Crippen molar-refractivity contribution in [3.8, 4) is 23.2 Å². The first-order valence-electron chi connectivity index (χ1n) is 13.2. The summed E-state index contributed by atoms with van der Waals surface area (Å²) in [5.41, 5.74) is 5.88. The van der Waals surface area contributed by atoms with E-state index in [1.165, 1.54) is 0 Å². The molecule has 0 saturated heterocycles. The topological polar surface area (TPSA) is 101 Å². The van der Waals surface area contributed by atoms with Crippen LogP contribution in [0.15, 0.2) is 90.3 Å². The van der Waals surface area contributed by atoms with Crippen LogP contribution in [0.4, 0.5) is 0 Å². The minimum atomic E-state index is -0.250. The normalized spacial score (nSPS) is 14.0. The Morgan fingerprint density at radius 2 is 1.83 bits per heavy atom. The highest BCUT2D eigenvalue weighted by Crippen LogP contribution is 2.49. The van der Waals surface area contributed by atoms with E-state index in [9.17, 15) is 0 Å². The Hall–Kier alpha value is -5.22. The number of halogens is 1. The van der Waals surface area contributed by atoms with Gasteiger partial charge in [0.15, 0.2) is 18.1 Å². The van der Waals surface area contributed by atoms with E-state index in [1.807, 2.05) is 73.7 Å². The summed E-state index contributed by atoms with van der Waals surface area (Å²) in [6, 6.07) is 25.2. The zero-order valence-corrected chi connectivity index (χ0v) is 23.4. The number of hydrogen-bond acceptors (Lipinski definition) is 8. The Kier molecular flexibility index (Phi) is 6.52. The maximum Gasteiger partial charge on any atom is 0.230 e. The molecule has 11 heteroatoms. The standard InChI is InChI=1S/C31H24ClN7O3/c1-19-26-27(21-7-4-3-5-8-21)28-29-35-25(17-41-34-16-20-11-13-24(40-2)14-12-20)37-38(29)18-33-30(28)42-31(26)39(36-19)23-10-6-9-22(32)15-23/h3-16,18,27H,17H2,1-2H3/b34-16-/t27-/m1/s1. The summed E-state index contributed by atoms with van der Waals surface area (Å²) in [6.45, 7) is 2.05. The van der Waals surface area contributed by atoms with Crippen LogP contribution in [-0.4, -0.2) is 42.7 Å². The number of methoxy groups -OCH3 is 1. The van der Waals surface area contributed by atoms with E-state index in [1.54, 1.807) is 28.8 Å². The fourth-order valence-electron chi connectivity index (χ4n) is 5.13. The number of aromatic nitrogens is 6. The van der Waals surface area contributed by atoms with E-state index in [4.69, 9.17) is 36.0 Å². The SMILES string of the molecule is COc1ccc(/C=N\OCc2nc3c4c(ncn3n2)Oc2c(c(C)nn2-c2cccc(Cl)c2)[C@H]4c2ccccc2)cc1. The zero-order valence-electron chi connectivity index (χ0n) is 22.7. The quantitative estimate of drug-likeness (QED) is 0.166. The first-order chi connectivity index (χ1) is 20.6. The van der Waals surface area contributed by atoms with Crippen molar-refractivity contribution >= 4 is 23.5 Å². The Balaban J connectivity index is 1.26. The van der Waals surface area contributed by atoms with Crippen LogP contribution >= 0.6 is 11.6 Å². The van der Waals surface area contributed by atoms with Crippen LogP contribution in [0.1, 0.15) is 39.7 Å². The average molecular weight is 578 g/mol. The fraction of sp³-hybridized carbons (Fsp3) is 0.129. The molecule has 1 aliphatic rings. The van der Waals surface area contributed by atoms with Gasteiger partial charge in [0.25, 0.3) is 0 Å². The zero-order chi connectivity index (χ0) is 28.6. The minimum absolute atomic E-state index is 0.0803. The first-order valence-corrected chi connectivity index (χ1v) is 13.6. The van der Waals surface area contributed by atoms with Gasteiger partial charge in [0.2, 0.25) is 11.8 Å². The molecule has 0 unspecified atom stereocenters. The molecule has 0 saturated carbocycles. The molecular weight excluding hydrogens is 554 g/mol. The predicted octanol–water partition coefficient (Wildman–Crippen LogP) is 6.12. The van der Waals surface area contributed by atoms with E-state index in [0.717, 1.165) is 39.4 Å². The highest BCUT2D eigenvalue weighted by Gasteiger charge is 2.38. The van der Waals surface area contributed by atoms with Crippen molar-refractivity contribution < 1.29 is 14.3 Å². The molecule has 0 bridgehead atoms. The van der Waals surface area contributed by atoms with E-state index in [2.05, 4.69) is 27.4 Å². The van der Waals surface area contributed by atoms with Crippen molar-refractivity contribution in [2.75, 3.05) is 7.11 Å². The molecule has 1 atom stereocenters. The van der Waals surface area contributed by atoms with Gasteiger partial charge in [0, 0.05) is 5.02 Å². The number of benzene rings is 3. The molecule has 10 nitrogen and oxygen atoms in total. The maximum atomic E-state index is 6.46. The van der Waals surface area contributed by atoms with E-state index in [-0.39, 0.29) is 12.5 Å². The molecule has 0 spiro atoms.